The summed E-state index contributed by atoms with van der Waals surface area (Å²) in [5.74, 6) is -0.0987. The lowest BCUT2D eigenvalue weighted by atomic mass is 10.0. The molecule has 3 heterocycles. The zero-order chi connectivity index (χ0) is 17.8. The highest BCUT2D eigenvalue weighted by molar-refractivity contribution is 5.92. The van der Waals surface area contributed by atoms with Gasteiger partial charge in [0, 0.05) is 25.4 Å². The number of rotatable bonds is 5. The third-order valence-electron chi connectivity index (χ3n) is 4.57. The highest BCUT2D eigenvalue weighted by atomic mass is 16.2. The molecule has 1 fully saturated rings. The molecule has 0 saturated carbocycles. The second kappa shape index (κ2) is 7.63. The third-order valence-corrected chi connectivity index (χ3v) is 4.57. The van der Waals surface area contributed by atoms with E-state index in [4.69, 9.17) is 0 Å². The molecule has 1 amide bonds. The van der Waals surface area contributed by atoms with Gasteiger partial charge < -0.3 is 4.90 Å². The quantitative estimate of drug-likeness (QED) is 0.830. The number of amides is 1. The molecule has 7 heteroatoms. The van der Waals surface area contributed by atoms with Crippen molar-refractivity contribution in [1.29, 1.82) is 0 Å². The van der Waals surface area contributed by atoms with Crippen LogP contribution in [0.25, 0.3) is 0 Å². The Balaban J connectivity index is 1.80. The zero-order valence-electron chi connectivity index (χ0n) is 14.9. The van der Waals surface area contributed by atoms with Crippen molar-refractivity contribution in [2.24, 2.45) is 0 Å². The van der Waals surface area contributed by atoms with Crippen LogP contribution in [0.5, 0.6) is 0 Å². The van der Waals surface area contributed by atoms with Gasteiger partial charge in [0.2, 0.25) is 0 Å². The Labute approximate surface area is 147 Å². The average Bonchev–Trinajstić information content (AvgIpc) is 3.02. The summed E-state index contributed by atoms with van der Waals surface area (Å²) >= 11 is 0. The van der Waals surface area contributed by atoms with E-state index in [1.165, 1.54) is 10.7 Å². The second-order valence-electron chi connectivity index (χ2n) is 6.67. The van der Waals surface area contributed by atoms with Gasteiger partial charge in [-0.3, -0.25) is 14.3 Å². The minimum atomic E-state index is -0.166. The maximum absolute atomic E-state index is 13.0. The number of piperidine rings is 1. The summed E-state index contributed by atoms with van der Waals surface area (Å²) in [5.41, 5.74) is 1.29. The number of nitrogens with zero attached hydrogens (tertiary/aromatic N) is 5. The average molecular weight is 343 g/mol. The summed E-state index contributed by atoms with van der Waals surface area (Å²) in [6.45, 7) is 5.92. The number of carbonyl (C=O) groups excluding carboxylic acids is 1. The summed E-state index contributed by atoms with van der Waals surface area (Å²) in [6, 6.07) is 3.08. The van der Waals surface area contributed by atoms with Gasteiger partial charge in [0.1, 0.15) is 5.69 Å². The first-order valence-electron chi connectivity index (χ1n) is 8.96. The van der Waals surface area contributed by atoms with Crippen molar-refractivity contribution < 1.29 is 4.79 Å². The fraction of sp³-hybridized carbons (Fsp3) is 0.556. The van der Waals surface area contributed by atoms with Crippen LogP contribution < -0.4 is 5.56 Å². The summed E-state index contributed by atoms with van der Waals surface area (Å²) < 4.78 is 3.28. The van der Waals surface area contributed by atoms with E-state index >= 15 is 0 Å². The van der Waals surface area contributed by atoms with Gasteiger partial charge in [-0.1, -0.05) is 6.92 Å². The van der Waals surface area contributed by atoms with Crippen LogP contribution in [-0.2, 0) is 13.1 Å². The Bertz CT molecular complexity index is 795. The predicted molar refractivity (Wildman–Crippen MR) is 94.4 cm³/mol. The summed E-state index contributed by atoms with van der Waals surface area (Å²) in [7, 11) is 0. The number of aryl methyl sites for hydroxylation is 2. The van der Waals surface area contributed by atoms with E-state index in [2.05, 4.69) is 10.2 Å². The smallest absolute Gasteiger partial charge is 0.274 e. The lowest BCUT2D eigenvalue weighted by Crippen LogP contribution is -2.46. The van der Waals surface area contributed by atoms with Crippen molar-refractivity contribution in [2.75, 3.05) is 6.54 Å². The summed E-state index contributed by atoms with van der Waals surface area (Å²) in [4.78, 5) is 26.7. The topological polar surface area (TPSA) is 73.0 Å². The molecule has 1 atom stereocenters. The molecule has 1 aliphatic rings. The van der Waals surface area contributed by atoms with Crippen LogP contribution in [0.15, 0.2) is 29.3 Å². The standard InChI is InChI=1S/C18H25N5O2/c1-3-9-23-17(24)8-7-16(20-23)18(25)22-10-5-4-6-15(22)13-21-12-14(2)11-19-21/h7-8,11-12,15H,3-6,9-10,13H2,1-2H3/t15-/m1/s1. The van der Waals surface area contributed by atoms with Crippen molar-refractivity contribution in [3.05, 3.63) is 46.1 Å². The molecule has 3 rings (SSSR count). The van der Waals surface area contributed by atoms with Crippen molar-refractivity contribution in [1.82, 2.24) is 24.5 Å². The fourth-order valence-corrected chi connectivity index (χ4v) is 3.32. The lowest BCUT2D eigenvalue weighted by molar-refractivity contribution is 0.0575. The van der Waals surface area contributed by atoms with Gasteiger partial charge in [0.05, 0.1) is 18.8 Å². The lowest BCUT2D eigenvalue weighted by Gasteiger charge is -2.35. The van der Waals surface area contributed by atoms with Gasteiger partial charge in [0.25, 0.3) is 11.5 Å². The molecule has 2 aromatic heterocycles. The Morgan fingerprint density at radius 2 is 2.16 bits per heavy atom. The molecule has 7 nitrogen and oxygen atoms in total. The largest absolute Gasteiger partial charge is 0.332 e. The predicted octanol–water partition coefficient (Wildman–Crippen LogP) is 1.85. The molecule has 25 heavy (non-hydrogen) atoms. The van der Waals surface area contributed by atoms with Crippen LogP contribution in [0.4, 0.5) is 0 Å². The van der Waals surface area contributed by atoms with Gasteiger partial charge >= 0.3 is 0 Å². The first-order chi connectivity index (χ1) is 12.1. The van der Waals surface area contributed by atoms with Crippen LogP contribution >= 0.6 is 0 Å². The van der Waals surface area contributed by atoms with Gasteiger partial charge in [-0.25, -0.2) is 4.68 Å². The number of likely N-dealkylation sites (tertiary alicyclic amines) is 1. The Morgan fingerprint density at radius 1 is 1.32 bits per heavy atom. The monoisotopic (exact) mass is 343 g/mol. The number of hydrogen-bond acceptors (Lipinski definition) is 4. The number of carbonyl (C=O) groups is 1. The molecular formula is C18H25N5O2. The maximum atomic E-state index is 13.0. The van der Waals surface area contributed by atoms with E-state index < -0.39 is 0 Å². The minimum absolute atomic E-state index is 0.0987. The Kier molecular flexibility index (Phi) is 5.31. The van der Waals surface area contributed by atoms with Crippen LogP contribution in [-0.4, -0.2) is 43.0 Å². The molecule has 0 spiro atoms. The second-order valence-corrected chi connectivity index (χ2v) is 6.67. The molecule has 2 aromatic rings. The molecule has 1 saturated heterocycles. The van der Waals surface area contributed by atoms with Gasteiger partial charge in [0.15, 0.2) is 0 Å². The van der Waals surface area contributed by atoms with E-state index in [1.807, 2.05) is 35.8 Å². The SMILES string of the molecule is CCCn1nc(C(=O)N2CCCC[C@@H]2Cn2cc(C)cn2)ccc1=O. The molecule has 0 unspecified atom stereocenters. The first-order valence-corrected chi connectivity index (χ1v) is 8.96. The highest BCUT2D eigenvalue weighted by Crippen LogP contribution is 2.20. The third kappa shape index (κ3) is 3.97. The van der Waals surface area contributed by atoms with Crippen LogP contribution in [0, 0.1) is 6.92 Å². The number of aromatic nitrogens is 4. The molecule has 134 valence electrons. The van der Waals surface area contributed by atoms with Crippen LogP contribution in [0.3, 0.4) is 0 Å². The number of hydrogen-bond donors (Lipinski definition) is 0. The van der Waals surface area contributed by atoms with E-state index in [0.717, 1.165) is 37.8 Å². The maximum Gasteiger partial charge on any atom is 0.274 e. The van der Waals surface area contributed by atoms with E-state index in [-0.39, 0.29) is 17.5 Å². The normalized spacial score (nSPS) is 17.7. The minimum Gasteiger partial charge on any atom is -0.332 e. The van der Waals surface area contributed by atoms with Gasteiger partial charge in [-0.2, -0.15) is 10.2 Å². The van der Waals surface area contributed by atoms with E-state index in [1.54, 1.807) is 6.07 Å². The van der Waals surface area contributed by atoms with Crippen LogP contribution in [0.1, 0.15) is 48.7 Å². The Morgan fingerprint density at radius 3 is 2.88 bits per heavy atom. The summed E-state index contributed by atoms with van der Waals surface area (Å²) in [5, 5.41) is 8.62. The highest BCUT2D eigenvalue weighted by Gasteiger charge is 2.29. The van der Waals surface area contributed by atoms with Crippen molar-refractivity contribution >= 4 is 5.91 Å². The van der Waals surface area contributed by atoms with Crippen molar-refractivity contribution in [2.45, 2.75) is 58.7 Å². The van der Waals surface area contributed by atoms with Crippen molar-refractivity contribution in [3.63, 3.8) is 0 Å². The summed E-state index contributed by atoms with van der Waals surface area (Å²) in [6.07, 6.45) is 7.69. The first kappa shape index (κ1) is 17.4. The molecule has 0 radical (unpaired) electrons. The van der Waals surface area contributed by atoms with Crippen molar-refractivity contribution in [3.8, 4) is 0 Å². The molecule has 0 aliphatic carbocycles. The molecule has 0 bridgehead atoms. The van der Waals surface area contributed by atoms with Crippen LogP contribution in [0.2, 0.25) is 0 Å². The fourth-order valence-electron chi connectivity index (χ4n) is 3.32. The Hall–Kier alpha value is -2.44. The molecule has 0 N–H and O–H groups in total. The van der Waals surface area contributed by atoms with Gasteiger partial charge in [-0.15, -0.1) is 0 Å². The zero-order valence-corrected chi connectivity index (χ0v) is 14.9. The molecular weight excluding hydrogens is 318 g/mol. The van der Waals surface area contributed by atoms with E-state index in [0.29, 0.717) is 18.8 Å². The molecule has 1 aliphatic heterocycles. The van der Waals surface area contributed by atoms with E-state index in [9.17, 15) is 9.59 Å². The molecule has 0 aromatic carbocycles. The van der Waals surface area contributed by atoms with Gasteiger partial charge in [-0.05, 0) is 44.2 Å².